The van der Waals surface area contributed by atoms with Gasteiger partial charge in [-0.2, -0.15) is 0 Å². The van der Waals surface area contributed by atoms with E-state index in [1.54, 1.807) is 0 Å². The Labute approximate surface area is 489 Å². The Morgan fingerprint density at radius 1 is 0.266 bits per heavy atom. The first-order valence-corrected chi connectivity index (χ1v) is 33.4. The smallest absolute Gasteiger partial charge is 0.306 e. The zero-order valence-electron chi connectivity index (χ0n) is 51.9. The highest BCUT2D eigenvalue weighted by Gasteiger charge is 2.19. The molecule has 0 aliphatic heterocycles. The standard InChI is InChI=1S/C73H124O6/c1-4-7-10-13-16-19-21-23-25-27-29-31-32-33-34-35-36-37-38-39-40-42-43-45-47-49-51-54-57-60-63-66-72(75)78-69-70(68-77-71(74)65-62-59-56-53-18-15-12-9-6-3)79-73(76)67-64-61-58-55-52-50-48-46-44-41-30-28-26-24-22-20-17-14-11-8-5-2/h7-8,10-11,16-17,19-20,23-26,29-31,41,46,48,70H,4-6,9,12-15,18,21-22,27-28,32-40,42-45,47,49-69H2,1-3H3/b10-7-,11-8-,19-16-,20-17-,25-23-,26-24-,31-29-,41-30-,48-46-. The van der Waals surface area contributed by atoms with E-state index in [4.69, 9.17) is 14.2 Å². The Bertz CT molecular complexity index is 1590. The molecule has 1 unspecified atom stereocenters. The van der Waals surface area contributed by atoms with Crippen molar-refractivity contribution in [3.05, 3.63) is 109 Å². The first kappa shape index (κ1) is 75.1. The van der Waals surface area contributed by atoms with Gasteiger partial charge in [0.05, 0.1) is 0 Å². The van der Waals surface area contributed by atoms with Gasteiger partial charge in [-0.1, -0.05) is 304 Å². The average molecular weight is 1100 g/mol. The van der Waals surface area contributed by atoms with Crippen LogP contribution in [0.2, 0.25) is 0 Å². The summed E-state index contributed by atoms with van der Waals surface area (Å²) in [7, 11) is 0. The van der Waals surface area contributed by atoms with Crippen LogP contribution in [0.15, 0.2) is 109 Å². The lowest BCUT2D eigenvalue weighted by molar-refractivity contribution is -0.167. The molecule has 0 N–H and O–H groups in total. The molecule has 79 heavy (non-hydrogen) atoms. The van der Waals surface area contributed by atoms with Gasteiger partial charge in [0.1, 0.15) is 13.2 Å². The minimum absolute atomic E-state index is 0.0830. The fourth-order valence-corrected chi connectivity index (χ4v) is 9.35. The monoisotopic (exact) mass is 1100 g/mol. The van der Waals surface area contributed by atoms with E-state index < -0.39 is 6.10 Å². The van der Waals surface area contributed by atoms with E-state index in [2.05, 4.69) is 130 Å². The van der Waals surface area contributed by atoms with Gasteiger partial charge in [-0.05, 0) is 103 Å². The molecule has 0 bridgehead atoms. The van der Waals surface area contributed by atoms with Gasteiger partial charge in [-0.25, -0.2) is 0 Å². The highest BCUT2D eigenvalue weighted by Crippen LogP contribution is 2.17. The Morgan fingerprint density at radius 3 is 0.772 bits per heavy atom. The fourth-order valence-electron chi connectivity index (χ4n) is 9.35. The quantitative estimate of drug-likeness (QED) is 0.0261. The summed E-state index contributed by atoms with van der Waals surface area (Å²) < 4.78 is 16.9. The zero-order chi connectivity index (χ0) is 57.1. The third-order valence-corrected chi connectivity index (χ3v) is 14.3. The summed E-state index contributed by atoms with van der Waals surface area (Å²) in [5.41, 5.74) is 0. The Balaban J connectivity index is 4.16. The van der Waals surface area contributed by atoms with Crippen molar-refractivity contribution < 1.29 is 28.6 Å². The maximum atomic E-state index is 12.9. The molecule has 0 aromatic carbocycles. The summed E-state index contributed by atoms with van der Waals surface area (Å²) in [6, 6.07) is 0. The van der Waals surface area contributed by atoms with Crippen molar-refractivity contribution in [1.82, 2.24) is 0 Å². The summed E-state index contributed by atoms with van der Waals surface area (Å²) in [5.74, 6) is -0.894. The predicted octanol–water partition coefficient (Wildman–Crippen LogP) is 23.0. The molecule has 0 heterocycles. The Morgan fingerprint density at radius 2 is 0.494 bits per heavy atom. The highest BCUT2D eigenvalue weighted by atomic mass is 16.6. The molecule has 0 radical (unpaired) electrons. The molecule has 452 valence electrons. The second kappa shape index (κ2) is 66.6. The van der Waals surface area contributed by atoms with E-state index >= 15 is 0 Å². The normalized spacial score (nSPS) is 12.8. The molecule has 0 rings (SSSR count). The number of hydrogen-bond donors (Lipinski definition) is 0. The number of esters is 3. The van der Waals surface area contributed by atoms with E-state index in [0.29, 0.717) is 19.3 Å². The molecule has 0 aliphatic carbocycles. The minimum atomic E-state index is -0.787. The lowest BCUT2D eigenvalue weighted by Crippen LogP contribution is -2.30. The molecule has 6 nitrogen and oxygen atoms in total. The van der Waals surface area contributed by atoms with Crippen LogP contribution in [-0.4, -0.2) is 37.2 Å². The molecule has 0 fully saturated rings. The summed E-state index contributed by atoms with van der Waals surface area (Å²) in [5, 5.41) is 0. The van der Waals surface area contributed by atoms with Crippen LogP contribution in [0.5, 0.6) is 0 Å². The zero-order valence-corrected chi connectivity index (χ0v) is 51.9. The molecule has 0 saturated carbocycles. The predicted molar refractivity (Wildman–Crippen MR) is 343 cm³/mol. The number of carbonyl (C=O) groups is 3. The van der Waals surface area contributed by atoms with Crippen molar-refractivity contribution in [3.8, 4) is 0 Å². The van der Waals surface area contributed by atoms with Gasteiger partial charge in [0.2, 0.25) is 0 Å². The number of hydrogen-bond acceptors (Lipinski definition) is 6. The first-order valence-electron chi connectivity index (χ1n) is 33.4. The van der Waals surface area contributed by atoms with Crippen molar-refractivity contribution in [2.24, 2.45) is 0 Å². The molecule has 0 aliphatic rings. The van der Waals surface area contributed by atoms with Gasteiger partial charge in [0, 0.05) is 19.3 Å². The van der Waals surface area contributed by atoms with Crippen molar-refractivity contribution in [2.45, 2.75) is 322 Å². The van der Waals surface area contributed by atoms with Crippen LogP contribution in [-0.2, 0) is 28.6 Å². The molecule has 0 amide bonds. The van der Waals surface area contributed by atoms with Crippen molar-refractivity contribution >= 4 is 17.9 Å². The second-order valence-electron chi connectivity index (χ2n) is 22.0. The third kappa shape index (κ3) is 64.8. The van der Waals surface area contributed by atoms with Crippen LogP contribution in [0.25, 0.3) is 0 Å². The fraction of sp³-hybridized carbons (Fsp3) is 0.712. The van der Waals surface area contributed by atoms with E-state index in [1.165, 1.54) is 141 Å². The van der Waals surface area contributed by atoms with Gasteiger partial charge in [-0.15, -0.1) is 0 Å². The average Bonchev–Trinajstić information content (AvgIpc) is 3.45. The Hall–Kier alpha value is -3.93. The van der Waals surface area contributed by atoms with E-state index in [0.717, 1.165) is 135 Å². The van der Waals surface area contributed by atoms with Crippen LogP contribution in [0.3, 0.4) is 0 Å². The van der Waals surface area contributed by atoms with E-state index in [-0.39, 0.29) is 31.1 Å². The number of allylic oxidation sites excluding steroid dienone is 18. The highest BCUT2D eigenvalue weighted by molar-refractivity contribution is 5.71. The van der Waals surface area contributed by atoms with Crippen LogP contribution >= 0.6 is 0 Å². The summed E-state index contributed by atoms with van der Waals surface area (Å²) in [6.45, 7) is 6.40. The second-order valence-corrected chi connectivity index (χ2v) is 22.0. The van der Waals surface area contributed by atoms with Crippen LogP contribution in [0, 0.1) is 0 Å². The van der Waals surface area contributed by atoms with Gasteiger partial charge in [0.25, 0.3) is 0 Å². The lowest BCUT2D eigenvalue weighted by atomic mass is 10.0. The van der Waals surface area contributed by atoms with E-state index in [1.807, 2.05) is 0 Å². The number of rotatable bonds is 60. The molecular weight excluding hydrogens is 973 g/mol. The van der Waals surface area contributed by atoms with Crippen molar-refractivity contribution in [3.63, 3.8) is 0 Å². The molecule has 0 spiro atoms. The van der Waals surface area contributed by atoms with Crippen molar-refractivity contribution in [2.75, 3.05) is 13.2 Å². The largest absolute Gasteiger partial charge is 0.462 e. The molecule has 0 aromatic rings. The topological polar surface area (TPSA) is 78.9 Å². The van der Waals surface area contributed by atoms with Gasteiger partial charge < -0.3 is 14.2 Å². The van der Waals surface area contributed by atoms with Gasteiger partial charge in [0.15, 0.2) is 6.10 Å². The first-order chi connectivity index (χ1) is 39.0. The maximum absolute atomic E-state index is 12.9. The molecule has 0 saturated heterocycles. The molecular formula is C73H124O6. The number of carbonyl (C=O) groups excluding carboxylic acids is 3. The number of unbranched alkanes of at least 4 members (excludes halogenated alkanes) is 31. The molecule has 1 atom stereocenters. The summed E-state index contributed by atoms with van der Waals surface area (Å²) in [4.78, 5) is 38.2. The summed E-state index contributed by atoms with van der Waals surface area (Å²) in [6.07, 6.45) is 91.2. The molecule has 0 aromatic heterocycles. The van der Waals surface area contributed by atoms with Crippen molar-refractivity contribution in [1.29, 1.82) is 0 Å². The van der Waals surface area contributed by atoms with Gasteiger partial charge in [-0.3, -0.25) is 14.4 Å². The Kier molecular flexibility index (Phi) is 63.3. The SMILES string of the molecule is CC/C=C\C/C=C\C/C=C\C/C=C\C/C=C\CCCCCCCC(=O)OC(COC(=O)CCCCCCCCCCC)COC(=O)CCCCCCCCCCCCCCCCCCCC/C=C\C/C=C\C/C=C\C/C=C\CC. The minimum Gasteiger partial charge on any atom is -0.462 e. The maximum Gasteiger partial charge on any atom is 0.306 e. The lowest BCUT2D eigenvalue weighted by Gasteiger charge is -2.18. The van der Waals surface area contributed by atoms with E-state index in [9.17, 15) is 14.4 Å². The third-order valence-electron chi connectivity index (χ3n) is 14.3. The van der Waals surface area contributed by atoms with Crippen LogP contribution in [0.4, 0.5) is 0 Å². The molecule has 6 heteroatoms. The van der Waals surface area contributed by atoms with Crippen LogP contribution in [0.1, 0.15) is 316 Å². The number of ether oxygens (including phenoxy) is 3. The summed E-state index contributed by atoms with van der Waals surface area (Å²) >= 11 is 0. The van der Waals surface area contributed by atoms with Gasteiger partial charge >= 0.3 is 17.9 Å². The van der Waals surface area contributed by atoms with Crippen LogP contribution < -0.4 is 0 Å².